The summed E-state index contributed by atoms with van der Waals surface area (Å²) in [6.07, 6.45) is 6.07. The van der Waals surface area contributed by atoms with Crippen molar-refractivity contribution in [2.75, 3.05) is 60.4 Å². The number of likely N-dealkylation sites (N-methyl/N-ethyl adjacent to an activating group) is 2. The summed E-state index contributed by atoms with van der Waals surface area (Å²) in [4.78, 5) is 29.5. The van der Waals surface area contributed by atoms with Gasteiger partial charge in [-0.05, 0) is 91.5 Å². The second-order valence-electron chi connectivity index (χ2n) is 13.4. The van der Waals surface area contributed by atoms with Gasteiger partial charge in [0.15, 0.2) is 11.6 Å². The van der Waals surface area contributed by atoms with Gasteiger partial charge in [0, 0.05) is 16.5 Å². The molecule has 13 heteroatoms. The zero-order valence-electron chi connectivity index (χ0n) is 27.5. The van der Waals surface area contributed by atoms with Gasteiger partial charge in [-0.3, -0.25) is 14.6 Å². The van der Waals surface area contributed by atoms with Crippen molar-refractivity contribution in [1.82, 2.24) is 19.8 Å². The number of likely N-dealkylation sites (tertiary alicyclic amines) is 1. The summed E-state index contributed by atoms with van der Waals surface area (Å²) in [7, 11) is 7.61. The minimum absolute atomic E-state index is 0.0741. The predicted octanol–water partition coefficient (Wildman–Crippen LogP) is 3.27. The lowest BCUT2D eigenvalue weighted by Crippen LogP contribution is -2.63. The average molecular weight is 652 g/mol. The molecule has 0 radical (unpaired) electrons. The third-order valence-electron chi connectivity index (χ3n) is 10.5. The fourth-order valence-electron chi connectivity index (χ4n) is 7.60. The van der Waals surface area contributed by atoms with E-state index in [1.807, 2.05) is 21.0 Å². The summed E-state index contributed by atoms with van der Waals surface area (Å²) in [5.74, 6) is 0.775. The Bertz CT molecular complexity index is 1580. The number of nitrogens with two attached hydrogens (primary N) is 2. The maximum absolute atomic E-state index is 14.6. The monoisotopic (exact) mass is 651 g/mol. The Hall–Kier alpha value is -3.44. The van der Waals surface area contributed by atoms with Crippen LogP contribution in [0.25, 0.3) is 5.70 Å². The molecule has 2 saturated heterocycles. The van der Waals surface area contributed by atoms with Crippen LogP contribution in [0.1, 0.15) is 73.7 Å². The van der Waals surface area contributed by atoms with E-state index in [1.54, 1.807) is 0 Å². The van der Waals surface area contributed by atoms with Crippen molar-refractivity contribution in [2.45, 2.75) is 81.4 Å². The zero-order valence-corrected chi connectivity index (χ0v) is 28.3. The number of hydrogen-bond donors (Lipinski definition) is 2. The highest BCUT2D eigenvalue weighted by atomic mass is 32.1. The fraction of sp³-hybridized carbons (Fsp3) is 0.636. The number of Topliss-reactive ketones (excluding diaryl/α,β-unsaturated/α-hetero) is 1. The van der Waals surface area contributed by atoms with Crippen LogP contribution in [0.5, 0.6) is 17.5 Å². The van der Waals surface area contributed by atoms with Crippen molar-refractivity contribution in [3.05, 3.63) is 27.4 Å². The number of ketones is 1. The number of allylic oxidation sites excluding steroid dienone is 1. The summed E-state index contributed by atoms with van der Waals surface area (Å²) in [6.45, 7) is 4.37. The Morgan fingerprint density at radius 3 is 2.54 bits per heavy atom. The van der Waals surface area contributed by atoms with Crippen LogP contribution in [0.15, 0.2) is 5.57 Å². The van der Waals surface area contributed by atoms with Crippen LogP contribution in [0.2, 0.25) is 0 Å². The first kappa shape index (κ1) is 32.5. The molecular formula is C33H45N7O5S. The topological polar surface area (TPSA) is 162 Å². The van der Waals surface area contributed by atoms with Gasteiger partial charge < -0.3 is 30.4 Å². The van der Waals surface area contributed by atoms with E-state index in [2.05, 4.69) is 22.9 Å². The van der Waals surface area contributed by atoms with Crippen molar-refractivity contribution in [2.24, 2.45) is 5.73 Å². The Balaban J connectivity index is 1.42. The average Bonchev–Trinajstić information content (AvgIpc) is 3.59. The maximum atomic E-state index is 14.6. The van der Waals surface area contributed by atoms with Crippen LogP contribution in [0.4, 0.5) is 5.00 Å². The van der Waals surface area contributed by atoms with Crippen molar-refractivity contribution in [3.8, 4) is 23.6 Å². The van der Waals surface area contributed by atoms with Crippen LogP contribution in [-0.4, -0.2) is 97.9 Å². The molecule has 2 aliphatic heterocycles. The Morgan fingerprint density at radius 1 is 1.22 bits per heavy atom. The minimum Gasteiger partial charge on any atom is -0.487 e. The number of nitriles is 1. The molecule has 0 amide bonds. The molecular weight excluding hydrogens is 606 g/mol. The number of aryl methyl sites for hydroxylation is 1. The van der Waals surface area contributed by atoms with Crippen LogP contribution in [0, 0.1) is 11.3 Å². The molecule has 0 aromatic carbocycles. The molecule has 1 saturated carbocycles. The Kier molecular flexibility index (Phi) is 8.93. The van der Waals surface area contributed by atoms with E-state index in [0.717, 1.165) is 49.1 Å². The van der Waals surface area contributed by atoms with Gasteiger partial charge in [0.05, 0.1) is 37.0 Å². The van der Waals surface area contributed by atoms with Gasteiger partial charge in [-0.1, -0.05) is 0 Å². The summed E-state index contributed by atoms with van der Waals surface area (Å²) < 4.78 is 24.2. The molecule has 4 N–H and O–H groups in total. The van der Waals surface area contributed by atoms with E-state index in [1.165, 1.54) is 18.4 Å². The quantitative estimate of drug-likeness (QED) is 0.381. The standard InChI is InChI=1S/C33H45N7O5S/c1-19(22-10-8-14-40(22)4)45-31-26(42-5)30(44-18-32(39(2)3)16-43-17-32)37-29(38-31)25(35)20-9-6-12-33(27(20)41)13-7-11-23-24(33)21(15-34)28(36)46-23/h19,22H,6-14,16-18,35-36H2,1-5H3/t19-,22-,33-/m0/s1. The number of nitrogens with zero attached hydrogens (tertiary/aromatic N) is 5. The number of aromatic nitrogens is 2. The summed E-state index contributed by atoms with van der Waals surface area (Å²) in [5, 5.41) is 10.5. The fourth-order valence-corrected chi connectivity index (χ4v) is 8.76. The minimum atomic E-state index is -0.833. The molecule has 4 aliphatic rings. The number of methoxy groups -OCH3 is 1. The van der Waals surface area contributed by atoms with E-state index in [4.69, 9.17) is 40.4 Å². The Labute approximate surface area is 274 Å². The molecule has 3 fully saturated rings. The number of hydrogen-bond acceptors (Lipinski definition) is 13. The number of thiophene rings is 1. The smallest absolute Gasteiger partial charge is 0.265 e. The molecule has 2 aliphatic carbocycles. The van der Waals surface area contributed by atoms with Gasteiger partial charge in [0.25, 0.3) is 11.8 Å². The van der Waals surface area contributed by atoms with Crippen LogP contribution in [0.3, 0.4) is 0 Å². The van der Waals surface area contributed by atoms with Gasteiger partial charge in [0.2, 0.25) is 5.75 Å². The van der Waals surface area contributed by atoms with E-state index < -0.39 is 5.41 Å². The van der Waals surface area contributed by atoms with Gasteiger partial charge in [0.1, 0.15) is 29.3 Å². The third-order valence-corrected chi connectivity index (χ3v) is 11.6. The number of carbonyl (C=O) groups excluding carboxylic acids is 1. The number of fused-ring (bicyclic) bond motifs is 2. The lowest BCUT2D eigenvalue weighted by Gasteiger charge is -2.45. The number of nitrogen functional groups attached to an aromatic ring is 1. The van der Waals surface area contributed by atoms with E-state index in [9.17, 15) is 10.1 Å². The molecule has 0 unspecified atom stereocenters. The van der Waals surface area contributed by atoms with Crippen molar-refractivity contribution >= 4 is 27.8 Å². The molecule has 1 spiro atoms. The molecule has 2 aromatic heterocycles. The normalized spacial score (nSPS) is 25.9. The van der Waals surface area contributed by atoms with E-state index in [0.29, 0.717) is 55.2 Å². The van der Waals surface area contributed by atoms with Gasteiger partial charge in [-0.2, -0.15) is 15.2 Å². The van der Waals surface area contributed by atoms with Crippen LogP contribution >= 0.6 is 11.3 Å². The van der Waals surface area contributed by atoms with Crippen molar-refractivity contribution in [1.29, 1.82) is 5.26 Å². The van der Waals surface area contributed by atoms with Crippen molar-refractivity contribution < 1.29 is 23.7 Å². The molecule has 46 heavy (non-hydrogen) atoms. The second-order valence-corrected chi connectivity index (χ2v) is 14.5. The number of carbonyl (C=O) groups is 1. The zero-order chi connectivity index (χ0) is 32.8. The Morgan fingerprint density at radius 2 is 1.93 bits per heavy atom. The first-order valence-corrected chi connectivity index (χ1v) is 16.9. The molecule has 12 nitrogen and oxygen atoms in total. The predicted molar refractivity (Wildman–Crippen MR) is 175 cm³/mol. The first-order chi connectivity index (χ1) is 22.0. The highest BCUT2D eigenvalue weighted by Crippen LogP contribution is 2.52. The highest BCUT2D eigenvalue weighted by molar-refractivity contribution is 7.16. The maximum Gasteiger partial charge on any atom is 0.265 e. The van der Waals surface area contributed by atoms with Gasteiger partial charge in [-0.15, -0.1) is 11.3 Å². The summed E-state index contributed by atoms with van der Waals surface area (Å²) >= 11 is 1.43. The van der Waals surface area contributed by atoms with Gasteiger partial charge >= 0.3 is 0 Å². The van der Waals surface area contributed by atoms with Gasteiger partial charge in [-0.25, -0.2) is 0 Å². The summed E-state index contributed by atoms with van der Waals surface area (Å²) in [6, 6.07) is 2.49. The number of rotatable bonds is 9. The number of anilines is 1. The van der Waals surface area contributed by atoms with E-state index >= 15 is 0 Å². The third kappa shape index (κ3) is 5.39. The summed E-state index contributed by atoms with van der Waals surface area (Å²) in [5.41, 5.74) is 13.9. The molecule has 248 valence electrons. The lowest BCUT2D eigenvalue weighted by atomic mass is 9.61. The van der Waals surface area contributed by atoms with Crippen LogP contribution < -0.4 is 25.7 Å². The molecule has 6 rings (SSSR count). The highest BCUT2D eigenvalue weighted by Gasteiger charge is 2.50. The van der Waals surface area contributed by atoms with Crippen LogP contribution in [-0.2, 0) is 21.4 Å². The van der Waals surface area contributed by atoms with Crippen molar-refractivity contribution in [3.63, 3.8) is 0 Å². The first-order valence-electron chi connectivity index (χ1n) is 16.1. The molecule has 0 bridgehead atoms. The largest absolute Gasteiger partial charge is 0.487 e. The molecule has 4 heterocycles. The SMILES string of the molecule is COc1c(OCC2(N(C)C)COC2)nc(C(N)=C2CCC[C@@]3(CCCc4sc(N)c(C#N)c43)C2=O)nc1O[C@@H](C)[C@@H]1CCCN1C. The molecule has 3 atom stereocenters. The second kappa shape index (κ2) is 12.6. The number of ether oxygens (including phenoxy) is 4. The van der Waals surface area contributed by atoms with E-state index in [-0.39, 0.29) is 52.5 Å². The lowest BCUT2D eigenvalue weighted by molar-refractivity contribution is -0.141. The molecule has 2 aromatic rings.